The van der Waals surface area contributed by atoms with Crippen molar-refractivity contribution in [2.24, 2.45) is 0 Å². The van der Waals surface area contributed by atoms with Gasteiger partial charge in [-0.2, -0.15) is 26.3 Å². The molecule has 0 aliphatic heterocycles. The van der Waals surface area contributed by atoms with Crippen molar-refractivity contribution >= 4 is 48.4 Å². The second kappa shape index (κ2) is 7.58. The lowest BCUT2D eigenvalue weighted by Crippen LogP contribution is -2.15. The fourth-order valence-corrected chi connectivity index (χ4v) is 3.78. The fraction of sp³-hybridized carbons (Fsp3) is 0.143. The Morgan fingerprint density at radius 3 is 1.10 bits per heavy atom. The molecule has 29 heavy (non-hydrogen) atoms. The maximum Gasteiger partial charge on any atom is 0.420 e. The highest BCUT2D eigenvalue weighted by molar-refractivity contribution is 7.99. The standard InChI is InChI=1S/C14H6F10N2S3/c15-3-1(13(19,20)21)9(27)7(25)5(17)11(3)29-12-4(16)2(14(22,23)24)10(28)8(26)6(12)18/h27-28H,25-26H2. The van der Waals surface area contributed by atoms with E-state index < -0.39 is 89.5 Å². The first kappa shape index (κ1) is 23.7. The molecule has 0 saturated heterocycles. The van der Waals surface area contributed by atoms with Gasteiger partial charge in [-0.05, 0) is 0 Å². The van der Waals surface area contributed by atoms with Crippen LogP contribution < -0.4 is 11.5 Å². The van der Waals surface area contributed by atoms with Gasteiger partial charge in [0.1, 0.15) is 11.1 Å². The van der Waals surface area contributed by atoms with Crippen molar-refractivity contribution in [3.05, 3.63) is 34.4 Å². The molecule has 0 bridgehead atoms. The summed E-state index contributed by atoms with van der Waals surface area (Å²) in [6.07, 6.45) is -10.9. The van der Waals surface area contributed by atoms with E-state index in [2.05, 4.69) is 25.3 Å². The smallest absolute Gasteiger partial charge is 0.395 e. The molecule has 0 fully saturated rings. The van der Waals surface area contributed by atoms with E-state index in [-0.39, 0.29) is 0 Å². The Hall–Kier alpha value is -1.61. The van der Waals surface area contributed by atoms with Crippen molar-refractivity contribution in [3.63, 3.8) is 0 Å². The van der Waals surface area contributed by atoms with E-state index in [9.17, 15) is 43.9 Å². The summed E-state index contributed by atoms with van der Waals surface area (Å²) < 4.78 is 135. The monoisotopic (exact) mass is 488 g/mol. The maximum absolute atomic E-state index is 14.3. The molecule has 2 rings (SSSR count). The van der Waals surface area contributed by atoms with Crippen molar-refractivity contribution in [2.75, 3.05) is 11.5 Å². The lowest BCUT2D eigenvalue weighted by Gasteiger charge is -2.19. The topological polar surface area (TPSA) is 52.0 Å². The quantitative estimate of drug-likeness (QED) is 0.232. The zero-order chi connectivity index (χ0) is 22.6. The van der Waals surface area contributed by atoms with Crippen LogP contribution in [0.25, 0.3) is 0 Å². The van der Waals surface area contributed by atoms with Crippen LogP contribution in [0.5, 0.6) is 0 Å². The number of thiol groups is 2. The van der Waals surface area contributed by atoms with E-state index in [1.807, 2.05) is 0 Å². The molecule has 0 spiro atoms. The highest BCUT2D eigenvalue weighted by atomic mass is 32.2. The first-order valence-corrected chi connectivity index (χ1v) is 8.53. The van der Waals surface area contributed by atoms with E-state index in [1.165, 1.54) is 0 Å². The Labute approximate surface area is 170 Å². The molecule has 0 aromatic heterocycles. The minimum atomic E-state index is -5.46. The molecule has 0 heterocycles. The Morgan fingerprint density at radius 1 is 0.586 bits per heavy atom. The number of rotatable bonds is 2. The molecule has 160 valence electrons. The van der Waals surface area contributed by atoms with E-state index >= 15 is 0 Å². The molecule has 0 aliphatic carbocycles. The summed E-state index contributed by atoms with van der Waals surface area (Å²) in [5, 5.41) is 0. The third kappa shape index (κ3) is 4.03. The van der Waals surface area contributed by atoms with Gasteiger partial charge in [-0.3, -0.25) is 0 Å². The lowest BCUT2D eigenvalue weighted by molar-refractivity contribution is -0.143. The summed E-state index contributed by atoms with van der Waals surface area (Å²) in [6, 6.07) is 0. The van der Waals surface area contributed by atoms with Crippen LogP contribution in [-0.2, 0) is 12.4 Å². The Morgan fingerprint density at radius 2 is 0.862 bits per heavy atom. The minimum Gasteiger partial charge on any atom is -0.395 e. The zero-order valence-corrected chi connectivity index (χ0v) is 15.8. The summed E-state index contributed by atoms with van der Waals surface area (Å²) in [7, 11) is 0. The third-order valence-corrected chi connectivity index (χ3v) is 5.52. The van der Waals surface area contributed by atoms with Gasteiger partial charge in [-0.15, -0.1) is 25.3 Å². The highest BCUT2D eigenvalue weighted by Crippen LogP contribution is 2.49. The molecule has 0 amide bonds. The Kier molecular flexibility index (Phi) is 6.18. The zero-order valence-electron chi connectivity index (χ0n) is 13.2. The molecular formula is C14H6F10N2S3. The molecule has 2 aromatic rings. The normalized spacial score (nSPS) is 12.6. The molecule has 0 radical (unpaired) electrons. The minimum absolute atomic E-state index is 0.728. The molecule has 15 heteroatoms. The maximum atomic E-state index is 14.3. The lowest BCUT2D eigenvalue weighted by atomic mass is 10.1. The van der Waals surface area contributed by atoms with Gasteiger partial charge in [0.2, 0.25) is 0 Å². The van der Waals surface area contributed by atoms with Crippen molar-refractivity contribution in [3.8, 4) is 0 Å². The van der Waals surface area contributed by atoms with Crippen LogP contribution in [0.1, 0.15) is 11.1 Å². The summed E-state index contributed by atoms with van der Waals surface area (Å²) in [6.45, 7) is 0. The fourth-order valence-electron chi connectivity index (χ4n) is 2.15. The van der Waals surface area contributed by atoms with E-state index in [1.54, 1.807) is 0 Å². The van der Waals surface area contributed by atoms with Crippen LogP contribution in [0.4, 0.5) is 55.3 Å². The number of benzene rings is 2. The molecule has 0 aliphatic rings. The Bertz CT molecular complexity index is 922. The first-order valence-electron chi connectivity index (χ1n) is 6.82. The van der Waals surface area contributed by atoms with Crippen molar-refractivity contribution in [2.45, 2.75) is 31.9 Å². The predicted octanol–water partition coefficient (Wildman–Crippen LogP) is 6.17. The van der Waals surface area contributed by atoms with Crippen molar-refractivity contribution < 1.29 is 43.9 Å². The number of hydrogen-bond donors (Lipinski definition) is 4. The third-order valence-electron chi connectivity index (χ3n) is 3.46. The van der Waals surface area contributed by atoms with Crippen molar-refractivity contribution in [1.82, 2.24) is 0 Å². The van der Waals surface area contributed by atoms with E-state index in [0.717, 1.165) is 0 Å². The summed E-state index contributed by atoms with van der Waals surface area (Å²) >= 11 is 5.83. The molecular weight excluding hydrogens is 482 g/mol. The number of halogens is 10. The molecule has 0 unspecified atom stereocenters. The summed E-state index contributed by atoms with van der Waals surface area (Å²) in [5.74, 6) is -8.57. The number of nitrogen functional groups attached to an aromatic ring is 2. The molecule has 0 atom stereocenters. The van der Waals surface area contributed by atoms with Crippen LogP contribution in [0, 0.1) is 23.3 Å². The molecule has 2 nitrogen and oxygen atoms in total. The van der Waals surface area contributed by atoms with Crippen molar-refractivity contribution in [1.29, 1.82) is 0 Å². The van der Waals surface area contributed by atoms with E-state index in [4.69, 9.17) is 11.5 Å². The second-order valence-electron chi connectivity index (χ2n) is 5.29. The molecule has 0 saturated carbocycles. The second-order valence-corrected chi connectivity index (χ2v) is 7.20. The van der Waals surface area contributed by atoms with Gasteiger partial charge >= 0.3 is 12.4 Å². The Balaban J connectivity index is 2.86. The highest BCUT2D eigenvalue weighted by Gasteiger charge is 2.43. The average molecular weight is 488 g/mol. The molecule has 2 aromatic carbocycles. The van der Waals surface area contributed by atoms with Gasteiger partial charge < -0.3 is 11.5 Å². The van der Waals surface area contributed by atoms with E-state index in [0.29, 0.717) is 0 Å². The van der Waals surface area contributed by atoms with Gasteiger partial charge in [-0.25, -0.2) is 17.6 Å². The number of nitrogens with two attached hydrogens (primary N) is 2. The van der Waals surface area contributed by atoms with Gasteiger partial charge in [0.15, 0.2) is 23.3 Å². The number of anilines is 2. The van der Waals surface area contributed by atoms with Crippen LogP contribution in [-0.4, -0.2) is 0 Å². The van der Waals surface area contributed by atoms with Gasteiger partial charge in [0.25, 0.3) is 0 Å². The van der Waals surface area contributed by atoms with Gasteiger partial charge in [0, 0.05) is 9.79 Å². The van der Waals surface area contributed by atoms with Crippen LogP contribution in [0.2, 0.25) is 0 Å². The van der Waals surface area contributed by atoms with Crippen LogP contribution in [0.3, 0.4) is 0 Å². The molecule has 4 N–H and O–H groups in total. The first-order chi connectivity index (χ1) is 13.0. The van der Waals surface area contributed by atoms with Gasteiger partial charge in [-0.1, -0.05) is 11.8 Å². The predicted molar refractivity (Wildman–Crippen MR) is 90.2 cm³/mol. The van der Waals surface area contributed by atoms with Gasteiger partial charge in [0.05, 0.1) is 21.2 Å². The summed E-state index contributed by atoms with van der Waals surface area (Å²) in [4.78, 5) is -6.10. The summed E-state index contributed by atoms with van der Waals surface area (Å²) in [5.41, 5.74) is 3.19. The average Bonchev–Trinajstić information content (AvgIpc) is 2.55. The van der Waals surface area contributed by atoms with Crippen LogP contribution in [0.15, 0.2) is 19.6 Å². The number of hydrogen-bond acceptors (Lipinski definition) is 5. The van der Waals surface area contributed by atoms with Crippen LogP contribution >= 0.6 is 37.0 Å². The number of alkyl halides is 6. The SMILES string of the molecule is Nc1c(F)c(Sc2c(F)c(N)c(S)c(C(F)(F)F)c2F)c(F)c(C(F)(F)F)c1S. The largest absolute Gasteiger partial charge is 0.420 e.